The van der Waals surface area contributed by atoms with Gasteiger partial charge in [0.2, 0.25) is 0 Å². The number of nitrogens with one attached hydrogen (secondary N) is 1. The standard InChI is InChI=1S/C22H15N3/c1-2-7-15(8-3-1)18-14-13-16-9-6-10-17(21(16)23-18)22-24-19-11-4-5-12-20(19)25-22/h1-14H,(H,24,25). The first-order valence-electron chi connectivity index (χ1n) is 8.29. The number of aromatic nitrogens is 3. The second-order valence-electron chi connectivity index (χ2n) is 6.04. The van der Waals surface area contributed by atoms with E-state index in [-0.39, 0.29) is 0 Å². The number of aromatic amines is 1. The molecule has 5 rings (SSSR count). The van der Waals surface area contributed by atoms with Crippen LogP contribution in [0, 0.1) is 0 Å². The number of hydrogen-bond donors (Lipinski definition) is 1. The molecule has 0 atom stereocenters. The summed E-state index contributed by atoms with van der Waals surface area (Å²) >= 11 is 0. The van der Waals surface area contributed by atoms with Gasteiger partial charge in [0.15, 0.2) is 0 Å². The zero-order chi connectivity index (χ0) is 16.6. The molecule has 0 aliphatic heterocycles. The minimum absolute atomic E-state index is 0.851. The number of imidazole rings is 1. The Kier molecular flexibility index (Phi) is 3.10. The van der Waals surface area contributed by atoms with Crippen molar-refractivity contribution in [1.29, 1.82) is 0 Å². The number of H-pyrrole nitrogens is 1. The average Bonchev–Trinajstić information content (AvgIpc) is 3.12. The third kappa shape index (κ3) is 2.37. The number of benzene rings is 3. The van der Waals surface area contributed by atoms with E-state index in [9.17, 15) is 0 Å². The molecule has 0 saturated carbocycles. The molecular formula is C22H15N3. The molecule has 2 heterocycles. The van der Waals surface area contributed by atoms with E-state index in [1.165, 1.54) is 0 Å². The maximum Gasteiger partial charge on any atom is 0.140 e. The SMILES string of the molecule is c1ccc(-c2ccc3cccc(-c4nc5ccccc5[nH]4)c3n2)cc1. The van der Waals surface area contributed by atoms with Gasteiger partial charge in [0.05, 0.1) is 22.2 Å². The summed E-state index contributed by atoms with van der Waals surface area (Å²) < 4.78 is 0. The van der Waals surface area contributed by atoms with E-state index in [2.05, 4.69) is 47.4 Å². The van der Waals surface area contributed by atoms with Crippen LogP contribution < -0.4 is 0 Å². The van der Waals surface area contributed by atoms with Gasteiger partial charge in [0.25, 0.3) is 0 Å². The van der Waals surface area contributed by atoms with Crippen molar-refractivity contribution in [2.45, 2.75) is 0 Å². The summed E-state index contributed by atoms with van der Waals surface area (Å²) in [6.07, 6.45) is 0. The van der Waals surface area contributed by atoms with Crippen LogP contribution in [-0.2, 0) is 0 Å². The molecule has 3 nitrogen and oxygen atoms in total. The Morgan fingerprint density at radius 3 is 2.36 bits per heavy atom. The Bertz CT molecular complexity index is 1160. The molecule has 0 spiro atoms. The van der Waals surface area contributed by atoms with Gasteiger partial charge in [-0.3, -0.25) is 0 Å². The molecule has 3 heteroatoms. The highest BCUT2D eigenvalue weighted by molar-refractivity contribution is 5.94. The molecule has 0 unspecified atom stereocenters. The third-order valence-corrected chi connectivity index (χ3v) is 4.43. The van der Waals surface area contributed by atoms with Gasteiger partial charge in [-0.2, -0.15) is 0 Å². The number of fused-ring (bicyclic) bond motifs is 2. The monoisotopic (exact) mass is 321 g/mol. The van der Waals surface area contributed by atoms with Gasteiger partial charge < -0.3 is 4.98 Å². The fraction of sp³-hybridized carbons (Fsp3) is 0. The van der Waals surface area contributed by atoms with Gasteiger partial charge in [-0.1, -0.05) is 60.7 Å². The van der Waals surface area contributed by atoms with Crippen LogP contribution in [0.25, 0.3) is 44.6 Å². The Labute approximate surface area is 145 Å². The van der Waals surface area contributed by atoms with Gasteiger partial charge in [0.1, 0.15) is 5.82 Å². The molecule has 0 aliphatic carbocycles. The minimum Gasteiger partial charge on any atom is -0.338 e. The molecule has 1 N–H and O–H groups in total. The van der Waals surface area contributed by atoms with E-state index in [4.69, 9.17) is 9.97 Å². The van der Waals surface area contributed by atoms with E-state index < -0.39 is 0 Å². The summed E-state index contributed by atoms with van der Waals surface area (Å²) in [4.78, 5) is 13.1. The van der Waals surface area contributed by atoms with E-state index >= 15 is 0 Å². The van der Waals surface area contributed by atoms with Crippen molar-refractivity contribution in [3.05, 3.63) is 84.9 Å². The van der Waals surface area contributed by atoms with Crippen molar-refractivity contribution in [3.63, 3.8) is 0 Å². The molecule has 0 fully saturated rings. The zero-order valence-corrected chi connectivity index (χ0v) is 13.5. The molecular weight excluding hydrogens is 306 g/mol. The summed E-state index contributed by atoms with van der Waals surface area (Å²) in [7, 11) is 0. The van der Waals surface area contributed by atoms with E-state index in [0.29, 0.717) is 0 Å². The number of pyridine rings is 1. The Balaban J connectivity index is 1.75. The summed E-state index contributed by atoms with van der Waals surface area (Å²) in [5, 5.41) is 1.11. The van der Waals surface area contributed by atoms with Gasteiger partial charge in [0, 0.05) is 16.5 Å². The summed E-state index contributed by atoms with van der Waals surface area (Å²) in [6.45, 7) is 0. The van der Waals surface area contributed by atoms with Crippen molar-refractivity contribution >= 4 is 21.9 Å². The van der Waals surface area contributed by atoms with Crippen LogP contribution in [0.2, 0.25) is 0 Å². The molecule has 118 valence electrons. The lowest BCUT2D eigenvalue weighted by atomic mass is 10.1. The van der Waals surface area contributed by atoms with Crippen LogP contribution >= 0.6 is 0 Å². The highest BCUT2D eigenvalue weighted by Crippen LogP contribution is 2.29. The summed E-state index contributed by atoms with van der Waals surface area (Å²) in [5.41, 5.74) is 6.07. The van der Waals surface area contributed by atoms with Gasteiger partial charge >= 0.3 is 0 Å². The van der Waals surface area contributed by atoms with Crippen LogP contribution in [0.5, 0.6) is 0 Å². The lowest BCUT2D eigenvalue weighted by Gasteiger charge is -2.06. The minimum atomic E-state index is 0.851. The molecule has 5 aromatic rings. The van der Waals surface area contributed by atoms with Crippen LogP contribution in [-0.4, -0.2) is 15.0 Å². The first kappa shape index (κ1) is 13.9. The second kappa shape index (κ2) is 5.56. The highest BCUT2D eigenvalue weighted by atomic mass is 14.9. The second-order valence-corrected chi connectivity index (χ2v) is 6.04. The number of nitrogens with zero attached hydrogens (tertiary/aromatic N) is 2. The largest absolute Gasteiger partial charge is 0.338 e. The van der Waals surface area contributed by atoms with Crippen LogP contribution in [0.15, 0.2) is 84.9 Å². The van der Waals surface area contributed by atoms with E-state index in [1.807, 2.05) is 42.5 Å². The molecule has 0 saturated heterocycles. The summed E-state index contributed by atoms with van der Waals surface area (Å²) in [5.74, 6) is 0.851. The molecule has 0 amide bonds. The lowest BCUT2D eigenvalue weighted by molar-refractivity contribution is 1.32. The van der Waals surface area contributed by atoms with Crippen molar-refractivity contribution in [2.75, 3.05) is 0 Å². The Hall–Kier alpha value is -3.46. The van der Waals surface area contributed by atoms with Crippen LogP contribution in [0.1, 0.15) is 0 Å². The quantitative estimate of drug-likeness (QED) is 0.470. The zero-order valence-electron chi connectivity index (χ0n) is 13.5. The Morgan fingerprint density at radius 1 is 0.640 bits per heavy atom. The van der Waals surface area contributed by atoms with Crippen LogP contribution in [0.4, 0.5) is 0 Å². The fourth-order valence-electron chi connectivity index (χ4n) is 3.19. The first-order valence-corrected chi connectivity index (χ1v) is 8.29. The van der Waals surface area contributed by atoms with E-state index in [1.54, 1.807) is 0 Å². The number of rotatable bonds is 2. The van der Waals surface area contributed by atoms with E-state index in [0.717, 1.165) is 44.6 Å². The topological polar surface area (TPSA) is 41.6 Å². The van der Waals surface area contributed by atoms with Crippen molar-refractivity contribution in [3.8, 4) is 22.6 Å². The third-order valence-electron chi connectivity index (χ3n) is 4.43. The molecule has 25 heavy (non-hydrogen) atoms. The Morgan fingerprint density at radius 2 is 1.48 bits per heavy atom. The smallest absolute Gasteiger partial charge is 0.140 e. The molecule has 0 radical (unpaired) electrons. The lowest BCUT2D eigenvalue weighted by Crippen LogP contribution is -1.89. The predicted molar refractivity (Wildman–Crippen MR) is 102 cm³/mol. The molecule has 2 aromatic heterocycles. The molecule has 3 aromatic carbocycles. The maximum absolute atomic E-state index is 4.93. The number of hydrogen-bond acceptors (Lipinski definition) is 2. The number of para-hydroxylation sites is 3. The van der Waals surface area contributed by atoms with Crippen molar-refractivity contribution < 1.29 is 0 Å². The highest BCUT2D eigenvalue weighted by Gasteiger charge is 2.11. The van der Waals surface area contributed by atoms with Crippen LogP contribution in [0.3, 0.4) is 0 Å². The predicted octanol–water partition coefficient (Wildman–Crippen LogP) is 5.45. The average molecular weight is 321 g/mol. The van der Waals surface area contributed by atoms with Gasteiger partial charge in [-0.05, 0) is 24.3 Å². The van der Waals surface area contributed by atoms with Gasteiger partial charge in [-0.25, -0.2) is 9.97 Å². The normalized spacial score (nSPS) is 11.2. The first-order chi connectivity index (χ1) is 12.4. The molecule has 0 bridgehead atoms. The fourth-order valence-corrected chi connectivity index (χ4v) is 3.19. The van der Waals surface area contributed by atoms with Crippen molar-refractivity contribution in [2.24, 2.45) is 0 Å². The molecule has 0 aliphatic rings. The van der Waals surface area contributed by atoms with Crippen molar-refractivity contribution in [1.82, 2.24) is 15.0 Å². The maximum atomic E-state index is 4.93. The van der Waals surface area contributed by atoms with Gasteiger partial charge in [-0.15, -0.1) is 0 Å². The summed E-state index contributed by atoms with van der Waals surface area (Å²) in [6, 6.07) is 28.7.